The zero-order valence-electron chi connectivity index (χ0n) is 20.1. The van der Waals surface area contributed by atoms with E-state index in [-0.39, 0.29) is 41.1 Å². The van der Waals surface area contributed by atoms with Gasteiger partial charge in [-0.1, -0.05) is 23.5 Å². The monoisotopic (exact) mass is 540 g/mol. The lowest BCUT2D eigenvalue weighted by Crippen LogP contribution is -2.34. The number of halogens is 1. The smallest absolute Gasteiger partial charge is 0.260 e. The second-order valence-corrected chi connectivity index (χ2v) is 11.8. The molecule has 0 aliphatic carbocycles. The van der Waals surface area contributed by atoms with Crippen LogP contribution in [0.15, 0.2) is 71.9 Å². The number of likely N-dealkylation sites (N-methyl/N-ethyl adjacent to an activating group) is 1. The number of thiazole rings is 1. The van der Waals surface area contributed by atoms with E-state index in [0.717, 1.165) is 18.4 Å². The molecule has 8 nitrogen and oxygen atoms in total. The Morgan fingerprint density at radius 3 is 2.65 bits per heavy atom. The minimum atomic E-state index is -3.74. The molecule has 1 aliphatic rings. The van der Waals surface area contributed by atoms with E-state index in [4.69, 9.17) is 4.74 Å². The SMILES string of the molecule is CN(CC1CCCO1)S(=O)(=O)c1ccc(C(=O)N(Cc2cccnc2)c2nc3c(F)cccc3s2)cc1. The molecule has 2 aromatic carbocycles. The maximum Gasteiger partial charge on any atom is 0.260 e. The van der Waals surface area contributed by atoms with Gasteiger partial charge in [-0.3, -0.25) is 14.7 Å². The number of pyridine rings is 1. The lowest BCUT2D eigenvalue weighted by molar-refractivity contribution is 0.0978. The molecule has 0 bridgehead atoms. The molecule has 1 fully saturated rings. The van der Waals surface area contributed by atoms with Crippen LogP contribution >= 0.6 is 11.3 Å². The molecule has 0 saturated carbocycles. The van der Waals surface area contributed by atoms with Crippen molar-refractivity contribution in [2.45, 2.75) is 30.4 Å². The molecule has 4 aromatic rings. The number of fused-ring (bicyclic) bond motifs is 1. The number of para-hydroxylation sites is 1. The first-order chi connectivity index (χ1) is 17.8. The Labute approximate surface area is 218 Å². The number of carbonyl (C=O) groups is 1. The van der Waals surface area contributed by atoms with Crippen molar-refractivity contribution >= 4 is 42.6 Å². The minimum absolute atomic E-state index is 0.0883. The van der Waals surface area contributed by atoms with Crippen LogP contribution in [0.2, 0.25) is 0 Å². The molecule has 1 unspecified atom stereocenters. The third kappa shape index (κ3) is 5.40. The van der Waals surface area contributed by atoms with Crippen molar-refractivity contribution in [2.75, 3.05) is 25.1 Å². The molecule has 1 aliphatic heterocycles. The predicted molar refractivity (Wildman–Crippen MR) is 140 cm³/mol. The molecule has 0 spiro atoms. The number of sulfonamides is 1. The summed E-state index contributed by atoms with van der Waals surface area (Å²) in [7, 11) is -2.22. The molecule has 3 heterocycles. The lowest BCUT2D eigenvalue weighted by Gasteiger charge is -2.21. The fraction of sp³-hybridized carbons (Fsp3) is 0.269. The number of rotatable bonds is 8. The fourth-order valence-electron chi connectivity index (χ4n) is 4.20. The molecule has 192 valence electrons. The number of ether oxygens (including phenoxy) is 1. The average molecular weight is 541 g/mol. The number of hydrogen-bond donors (Lipinski definition) is 0. The summed E-state index contributed by atoms with van der Waals surface area (Å²) < 4.78 is 47.9. The highest BCUT2D eigenvalue weighted by Crippen LogP contribution is 2.32. The van der Waals surface area contributed by atoms with E-state index in [9.17, 15) is 17.6 Å². The van der Waals surface area contributed by atoms with E-state index in [1.54, 1.807) is 30.6 Å². The van der Waals surface area contributed by atoms with Gasteiger partial charge in [0.05, 0.1) is 22.2 Å². The van der Waals surface area contributed by atoms with Gasteiger partial charge < -0.3 is 4.74 Å². The van der Waals surface area contributed by atoms with Crippen LogP contribution in [0, 0.1) is 5.82 Å². The van der Waals surface area contributed by atoms with Gasteiger partial charge in [-0.15, -0.1) is 0 Å². The third-order valence-electron chi connectivity index (χ3n) is 6.19. The quantitative estimate of drug-likeness (QED) is 0.327. The Balaban J connectivity index is 1.43. The highest BCUT2D eigenvalue weighted by Gasteiger charge is 2.27. The summed E-state index contributed by atoms with van der Waals surface area (Å²) in [4.78, 5) is 23.7. The van der Waals surface area contributed by atoms with Crippen LogP contribution in [0.1, 0.15) is 28.8 Å². The summed E-state index contributed by atoms with van der Waals surface area (Å²) >= 11 is 1.21. The summed E-state index contributed by atoms with van der Waals surface area (Å²) in [5.74, 6) is -0.851. The van der Waals surface area contributed by atoms with Crippen molar-refractivity contribution in [2.24, 2.45) is 0 Å². The van der Waals surface area contributed by atoms with E-state index in [2.05, 4.69) is 9.97 Å². The van der Waals surface area contributed by atoms with Gasteiger partial charge in [-0.2, -0.15) is 4.31 Å². The largest absolute Gasteiger partial charge is 0.377 e. The maximum absolute atomic E-state index is 14.3. The van der Waals surface area contributed by atoms with E-state index < -0.39 is 15.8 Å². The van der Waals surface area contributed by atoms with Crippen molar-refractivity contribution in [3.05, 3.63) is 83.9 Å². The second kappa shape index (κ2) is 10.6. The summed E-state index contributed by atoms with van der Waals surface area (Å²) in [5, 5.41) is 0.335. The number of carbonyl (C=O) groups excluding carboxylic acids is 1. The van der Waals surface area contributed by atoms with Gasteiger partial charge >= 0.3 is 0 Å². The van der Waals surface area contributed by atoms with Gasteiger partial charge in [0.15, 0.2) is 5.13 Å². The predicted octanol–water partition coefficient (Wildman–Crippen LogP) is 4.48. The molecule has 0 radical (unpaired) electrons. The van der Waals surface area contributed by atoms with Gasteiger partial charge in [0.25, 0.3) is 5.91 Å². The Bertz CT molecular complexity index is 1500. The van der Waals surface area contributed by atoms with Crippen molar-refractivity contribution in [1.29, 1.82) is 0 Å². The van der Waals surface area contributed by atoms with Crippen LogP contribution in [0.5, 0.6) is 0 Å². The molecule has 37 heavy (non-hydrogen) atoms. The normalized spacial score (nSPS) is 15.9. The molecule has 0 N–H and O–H groups in total. The van der Waals surface area contributed by atoms with Gasteiger partial charge in [-0.05, 0) is 60.9 Å². The van der Waals surface area contributed by atoms with Crippen LogP contribution in [-0.2, 0) is 21.3 Å². The first-order valence-corrected chi connectivity index (χ1v) is 14.0. The van der Waals surface area contributed by atoms with E-state index >= 15 is 0 Å². The Morgan fingerprint density at radius 2 is 1.97 bits per heavy atom. The Kier molecular flexibility index (Phi) is 7.29. The van der Waals surface area contributed by atoms with E-state index in [0.29, 0.717) is 16.4 Å². The number of anilines is 1. The van der Waals surface area contributed by atoms with Crippen LogP contribution in [-0.4, -0.2) is 54.9 Å². The highest BCUT2D eigenvalue weighted by molar-refractivity contribution is 7.89. The van der Waals surface area contributed by atoms with Crippen molar-refractivity contribution in [1.82, 2.24) is 14.3 Å². The van der Waals surface area contributed by atoms with Gasteiger partial charge in [0.2, 0.25) is 10.0 Å². The van der Waals surface area contributed by atoms with Crippen LogP contribution < -0.4 is 4.90 Å². The number of nitrogens with zero attached hydrogens (tertiary/aromatic N) is 4. The van der Waals surface area contributed by atoms with Gasteiger partial charge in [0, 0.05) is 38.2 Å². The number of hydrogen-bond acceptors (Lipinski definition) is 7. The Morgan fingerprint density at radius 1 is 1.16 bits per heavy atom. The maximum atomic E-state index is 14.3. The summed E-state index contributed by atoms with van der Waals surface area (Å²) in [6, 6.07) is 14.1. The van der Waals surface area contributed by atoms with Crippen LogP contribution in [0.25, 0.3) is 10.2 Å². The van der Waals surface area contributed by atoms with Crippen molar-refractivity contribution in [3.63, 3.8) is 0 Å². The zero-order chi connectivity index (χ0) is 26.0. The first-order valence-electron chi connectivity index (χ1n) is 11.8. The van der Waals surface area contributed by atoms with E-state index in [1.807, 2.05) is 6.07 Å². The highest BCUT2D eigenvalue weighted by atomic mass is 32.2. The van der Waals surface area contributed by atoms with Crippen molar-refractivity contribution in [3.8, 4) is 0 Å². The lowest BCUT2D eigenvalue weighted by atomic mass is 10.2. The second-order valence-electron chi connectivity index (χ2n) is 8.78. The van der Waals surface area contributed by atoms with Crippen LogP contribution in [0.4, 0.5) is 9.52 Å². The van der Waals surface area contributed by atoms with Crippen LogP contribution in [0.3, 0.4) is 0 Å². The Hall–Kier alpha value is -3.25. The molecule has 11 heteroatoms. The molecule has 1 atom stereocenters. The summed E-state index contributed by atoms with van der Waals surface area (Å²) in [5.41, 5.74) is 1.25. The van der Waals surface area contributed by atoms with E-state index in [1.165, 1.54) is 57.9 Å². The number of aromatic nitrogens is 2. The standard InChI is InChI=1S/C26H25FN4O4S2/c1-30(17-20-6-4-14-35-20)37(33,34)21-11-9-19(10-12-21)25(32)31(16-18-5-3-13-28-15-18)26-29-24-22(27)7-2-8-23(24)36-26/h2-3,5,7-13,15,20H,4,6,14,16-17H2,1H3. The number of benzene rings is 2. The van der Waals surface area contributed by atoms with Gasteiger partial charge in [-0.25, -0.2) is 17.8 Å². The average Bonchev–Trinajstić information content (AvgIpc) is 3.58. The molecule has 1 saturated heterocycles. The molecule has 2 aromatic heterocycles. The molecular weight excluding hydrogens is 515 g/mol. The first kappa shape index (κ1) is 25.4. The zero-order valence-corrected chi connectivity index (χ0v) is 21.7. The summed E-state index contributed by atoms with van der Waals surface area (Å²) in [6.45, 7) is 1.08. The molecule has 1 amide bonds. The van der Waals surface area contributed by atoms with Crippen molar-refractivity contribution < 1.29 is 22.3 Å². The third-order valence-corrected chi connectivity index (χ3v) is 9.07. The topological polar surface area (TPSA) is 92.7 Å². The minimum Gasteiger partial charge on any atom is -0.377 e. The van der Waals surface area contributed by atoms with Gasteiger partial charge in [0.1, 0.15) is 11.3 Å². The molecular formula is C26H25FN4O4S2. The summed E-state index contributed by atoms with van der Waals surface area (Å²) in [6.07, 6.45) is 4.92. The molecule has 5 rings (SSSR count). The number of amides is 1. The fourth-order valence-corrected chi connectivity index (χ4v) is 6.38.